The molecule has 0 bridgehead atoms. The average molecular weight is 423 g/mol. The number of hydrogen-bond donors (Lipinski definition) is 3. The number of rotatable bonds is 4. The van der Waals surface area contributed by atoms with E-state index in [1.54, 1.807) is 48.5 Å². The summed E-state index contributed by atoms with van der Waals surface area (Å²) in [5, 5.41) is 27.2. The van der Waals surface area contributed by atoms with Crippen molar-refractivity contribution in [3.63, 3.8) is 0 Å². The number of phenols is 1. The molecule has 1 saturated heterocycles. The number of phenolic OH excluding ortho intramolecular Hbond substituents is 1. The van der Waals surface area contributed by atoms with Crippen LogP contribution in [0.5, 0.6) is 5.75 Å². The van der Waals surface area contributed by atoms with E-state index in [-0.39, 0.29) is 11.6 Å². The fraction of sp³-hybridized carbons (Fsp3) is 0.227. The van der Waals surface area contributed by atoms with Crippen molar-refractivity contribution in [1.82, 2.24) is 20.0 Å². The summed E-state index contributed by atoms with van der Waals surface area (Å²) in [5.74, 6) is -0.279. The second-order valence-electron chi connectivity index (χ2n) is 7.37. The van der Waals surface area contributed by atoms with E-state index in [1.807, 2.05) is 4.90 Å². The molecule has 2 aromatic carbocycles. The number of para-hydroxylation sites is 1. The molecule has 1 aromatic heterocycles. The molecule has 0 unspecified atom stereocenters. The Morgan fingerprint density at radius 1 is 1.00 bits per heavy atom. The van der Waals surface area contributed by atoms with Gasteiger partial charge in [-0.15, -0.1) is 10.2 Å². The van der Waals surface area contributed by atoms with Crippen LogP contribution in [0.15, 0.2) is 48.5 Å². The molecule has 1 amide bonds. The summed E-state index contributed by atoms with van der Waals surface area (Å²) in [7, 11) is 0. The number of nitrogens with zero attached hydrogens (tertiary/aromatic N) is 4. The predicted octanol–water partition coefficient (Wildman–Crippen LogP) is 3.03. The molecule has 0 radical (unpaired) electrons. The van der Waals surface area contributed by atoms with Crippen molar-refractivity contribution >= 4 is 11.9 Å². The Kier molecular flexibility index (Phi) is 5.68. The monoisotopic (exact) mass is 423 g/mol. The highest BCUT2D eigenvalue weighted by atomic mass is 19.1. The summed E-state index contributed by atoms with van der Waals surface area (Å²) < 4.78 is 15.4. The Morgan fingerprint density at radius 3 is 2.42 bits per heavy atom. The highest BCUT2D eigenvalue weighted by Crippen LogP contribution is 2.34. The quantitative estimate of drug-likeness (QED) is 0.591. The zero-order valence-corrected chi connectivity index (χ0v) is 16.7. The van der Waals surface area contributed by atoms with Crippen LogP contribution in [0.1, 0.15) is 5.56 Å². The molecule has 31 heavy (non-hydrogen) atoms. The molecule has 0 spiro atoms. The first kappa shape index (κ1) is 20.5. The number of nitrogen functional groups attached to an aromatic ring is 1. The van der Waals surface area contributed by atoms with Gasteiger partial charge in [-0.25, -0.2) is 9.18 Å². The largest absolute Gasteiger partial charge is 0.507 e. The van der Waals surface area contributed by atoms with E-state index < -0.39 is 11.9 Å². The normalized spacial score (nSPS) is 14.5. The Hall–Kier alpha value is -3.72. The van der Waals surface area contributed by atoms with Crippen molar-refractivity contribution in [3.8, 4) is 28.1 Å². The van der Waals surface area contributed by atoms with Crippen LogP contribution in [0.3, 0.4) is 0 Å². The van der Waals surface area contributed by atoms with E-state index in [9.17, 15) is 9.90 Å². The molecule has 4 rings (SSSR count). The lowest BCUT2D eigenvalue weighted by Crippen LogP contribution is -2.47. The fourth-order valence-electron chi connectivity index (χ4n) is 3.69. The third-order valence-corrected chi connectivity index (χ3v) is 5.41. The van der Waals surface area contributed by atoms with Gasteiger partial charge in [0.2, 0.25) is 0 Å². The zero-order valence-electron chi connectivity index (χ0n) is 16.7. The topological polar surface area (TPSA) is 116 Å². The second-order valence-corrected chi connectivity index (χ2v) is 7.37. The molecular weight excluding hydrogens is 401 g/mol. The minimum atomic E-state index is -0.936. The molecule has 0 aliphatic carbocycles. The summed E-state index contributed by atoms with van der Waals surface area (Å²) in [5.41, 5.74) is 8.05. The first-order chi connectivity index (χ1) is 14.9. The minimum Gasteiger partial charge on any atom is -0.507 e. The van der Waals surface area contributed by atoms with E-state index in [4.69, 9.17) is 10.8 Å². The van der Waals surface area contributed by atoms with Crippen LogP contribution in [0.25, 0.3) is 22.4 Å². The summed E-state index contributed by atoms with van der Waals surface area (Å²) in [6, 6.07) is 13.4. The van der Waals surface area contributed by atoms with Gasteiger partial charge in [-0.05, 0) is 18.2 Å². The summed E-state index contributed by atoms with van der Waals surface area (Å²) >= 11 is 0. The molecule has 0 saturated carbocycles. The van der Waals surface area contributed by atoms with Crippen LogP contribution >= 0.6 is 0 Å². The van der Waals surface area contributed by atoms with Crippen molar-refractivity contribution in [3.05, 3.63) is 59.9 Å². The zero-order chi connectivity index (χ0) is 22.0. The van der Waals surface area contributed by atoms with Crippen LogP contribution < -0.4 is 5.73 Å². The first-order valence-electron chi connectivity index (χ1n) is 9.83. The number of aromatic nitrogens is 2. The number of carbonyl (C=O) groups is 1. The number of halogens is 1. The number of nitrogens with two attached hydrogens (primary N) is 1. The highest BCUT2D eigenvalue weighted by Gasteiger charge is 2.22. The fourth-order valence-corrected chi connectivity index (χ4v) is 3.69. The van der Waals surface area contributed by atoms with Crippen LogP contribution in [0, 0.1) is 5.82 Å². The van der Waals surface area contributed by atoms with Gasteiger partial charge in [0.15, 0.2) is 5.82 Å². The van der Waals surface area contributed by atoms with E-state index in [1.165, 1.54) is 4.90 Å². The standard InChI is InChI=1S/C22H22FN5O3/c23-20-14(13-27-8-10-28(11-9-27)22(30)31)4-3-6-15(20)17-12-18(25-26-21(17)24)16-5-1-2-7-19(16)29/h1-7,12,29H,8-11,13H2,(H2,24,26)(H,30,31). The molecular formula is C22H22FN5O3. The molecule has 2 heterocycles. The molecule has 8 nitrogen and oxygen atoms in total. The van der Waals surface area contributed by atoms with E-state index in [0.29, 0.717) is 60.7 Å². The van der Waals surface area contributed by atoms with Crippen LogP contribution in [-0.2, 0) is 6.54 Å². The summed E-state index contributed by atoms with van der Waals surface area (Å²) in [6.45, 7) is 2.21. The second kappa shape index (κ2) is 8.57. The van der Waals surface area contributed by atoms with Gasteiger partial charge in [-0.1, -0.05) is 30.3 Å². The van der Waals surface area contributed by atoms with Gasteiger partial charge in [-0.3, -0.25) is 4.90 Å². The number of amides is 1. The van der Waals surface area contributed by atoms with Gasteiger partial charge in [0, 0.05) is 55.0 Å². The highest BCUT2D eigenvalue weighted by molar-refractivity contribution is 5.79. The van der Waals surface area contributed by atoms with Gasteiger partial charge in [0.25, 0.3) is 0 Å². The molecule has 9 heteroatoms. The maximum absolute atomic E-state index is 15.4. The van der Waals surface area contributed by atoms with Crippen LogP contribution in [0.4, 0.5) is 15.0 Å². The SMILES string of the molecule is Nc1nnc(-c2ccccc2O)cc1-c1cccc(CN2CCN(C(=O)O)CC2)c1F. The van der Waals surface area contributed by atoms with Gasteiger partial charge in [0.05, 0.1) is 5.69 Å². The number of anilines is 1. The van der Waals surface area contributed by atoms with E-state index >= 15 is 4.39 Å². The van der Waals surface area contributed by atoms with Gasteiger partial charge >= 0.3 is 6.09 Å². The number of carboxylic acid groups (broad SMARTS) is 1. The predicted molar refractivity (Wildman–Crippen MR) is 114 cm³/mol. The van der Waals surface area contributed by atoms with Crippen molar-refractivity contribution in [2.75, 3.05) is 31.9 Å². The Labute approximate surface area is 178 Å². The van der Waals surface area contributed by atoms with Crippen molar-refractivity contribution in [1.29, 1.82) is 0 Å². The van der Waals surface area contributed by atoms with Crippen LogP contribution in [0.2, 0.25) is 0 Å². The lowest BCUT2D eigenvalue weighted by molar-refractivity contribution is 0.102. The molecule has 4 N–H and O–H groups in total. The lowest BCUT2D eigenvalue weighted by atomic mass is 10.0. The molecule has 1 fully saturated rings. The first-order valence-corrected chi connectivity index (χ1v) is 9.83. The molecule has 0 atom stereocenters. The molecule has 1 aliphatic heterocycles. The van der Waals surface area contributed by atoms with Crippen LogP contribution in [-0.4, -0.2) is 62.5 Å². The van der Waals surface area contributed by atoms with Gasteiger partial charge < -0.3 is 20.8 Å². The summed E-state index contributed by atoms with van der Waals surface area (Å²) in [6.07, 6.45) is -0.936. The third-order valence-electron chi connectivity index (χ3n) is 5.41. The van der Waals surface area contributed by atoms with Gasteiger partial charge in [0.1, 0.15) is 11.6 Å². The average Bonchev–Trinajstić information content (AvgIpc) is 2.77. The van der Waals surface area contributed by atoms with E-state index in [2.05, 4.69) is 10.2 Å². The summed E-state index contributed by atoms with van der Waals surface area (Å²) in [4.78, 5) is 14.4. The third kappa shape index (κ3) is 4.26. The number of aromatic hydroxyl groups is 1. The smallest absolute Gasteiger partial charge is 0.407 e. The molecule has 1 aliphatic rings. The van der Waals surface area contributed by atoms with Crippen molar-refractivity contribution in [2.24, 2.45) is 0 Å². The molecule has 160 valence electrons. The number of hydrogen-bond acceptors (Lipinski definition) is 6. The van der Waals surface area contributed by atoms with Crippen molar-refractivity contribution in [2.45, 2.75) is 6.54 Å². The maximum atomic E-state index is 15.4. The van der Waals surface area contributed by atoms with E-state index in [0.717, 1.165) is 0 Å². The Morgan fingerprint density at radius 2 is 1.71 bits per heavy atom. The Balaban J connectivity index is 1.62. The lowest BCUT2D eigenvalue weighted by Gasteiger charge is -2.33. The Bertz CT molecular complexity index is 1120. The van der Waals surface area contributed by atoms with Crippen molar-refractivity contribution < 1.29 is 19.4 Å². The minimum absolute atomic E-state index is 0.0437. The van der Waals surface area contributed by atoms with Gasteiger partial charge in [-0.2, -0.15) is 0 Å². The number of piperazine rings is 1. The maximum Gasteiger partial charge on any atom is 0.407 e. The molecule has 3 aromatic rings. The number of benzene rings is 2.